The topological polar surface area (TPSA) is 52.0 Å². The number of hydrogen-bond donors (Lipinski definition) is 1. The lowest BCUT2D eigenvalue weighted by Gasteiger charge is -2.09. The summed E-state index contributed by atoms with van der Waals surface area (Å²) in [5.74, 6) is 1.52. The van der Waals surface area contributed by atoms with Crippen LogP contribution in [0.1, 0.15) is 62.6 Å². The fraction of sp³-hybridized carbons (Fsp3) is 0.727. The van der Waals surface area contributed by atoms with Gasteiger partial charge in [-0.3, -0.25) is 0 Å². The highest BCUT2D eigenvalue weighted by Gasteiger charge is 2.26. The summed E-state index contributed by atoms with van der Waals surface area (Å²) in [5.41, 5.74) is 8.04. The maximum Gasteiger partial charge on any atom is 0.225 e. The van der Waals surface area contributed by atoms with Gasteiger partial charge in [0.05, 0.1) is 5.69 Å². The molecule has 0 amide bonds. The van der Waals surface area contributed by atoms with Crippen molar-refractivity contribution < 1.29 is 4.52 Å². The number of nitrogens with two attached hydrogens (primary N) is 1. The molecule has 3 heteroatoms. The second-order valence-corrected chi connectivity index (χ2v) is 4.48. The van der Waals surface area contributed by atoms with E-state index in [1.807, 2.05) is 0 Å². The molecule has 1 fully saturated rings. The van der Waals surface area contributed by atoms with Gasteiger partial charge in [0.15, 0.2) is 0 Å². The van der Waals surface area contributed by atoms with Crippen LogP contribution in [-0.4, -0.2) is 5.16 Å². The molecule has 1 saturated carbocycles. The molecule has 2 N–H and O–H groups in total. The zero-order valence-electron chi connectivity index (χ0n) is 8.92. The maximum absolute atomic E-state index is 5.78. The van der Waals surface area contributed by atoms with Gasteiger partial charge >= 0.3 is 0 Å². The van der Waals surface area contributed by atoms with Crippen molar-refractivity contribution in [2.75, 3.05) is 5.73 Å². The Morgan fingerprint density at radius 2 is 2.00 bits per heavy atom. The summed E-state index contributed by atoms with van der Waals surface area (Å²) >= 11 is 0. The van der Waals surface area contributed by atoms with Crippen LogP contribution in [-0.2, 0) is 0 Å². The monoisotopic (exact) mass is 194 g/mol. The summed E-state index contributed by atoms with van der Waals surface area (Å²) in [6.45, 7) is 4.28. The third-order valence-electron chi connectivity index (χ3n) is 3.10. The van der Waals surface area contributed by atoms with Crippen molar-refractivity contribution in [1.82, 2.24) is 5.16 Å². The summed E-state index contributed by atoms with van der Waals surface area (Å²) in [6, 6.07) is 0. The second kappa shape index (κ2) is 3.64. The van der Waals surface area contributed by atoms with Crippen molar-refractivity contribution in [3.8, 4) is 0 Å². The molecule has 0 atom stereocenters. The highest BCUT2D eigenvalue weighted by atomic mass is 16.5. The normalized spacial score (nSPS) is 18.2. The number of hydrogen-bond acceptors (Lipinski definition) is 3. The molecule has 1 aliphatic carbocycles. The van der Waals surface area contributed by atoms with E-state index in [1.165, 1.54) is 25.7 Å². The zero-order chi connectivity index (χ0) is 10.1. The van der Waals surface area contributed by atoms with Crippen molar-refractivity contribution in [3.63, 3.8) is 0 Å². The average Bonchev–Trinajstić information content (AvgIpc) is 2.70. The molecule has 14 heavy (non-hydrogen) atoms. The largest absolute Gasteiger partial charge is 0.367 e. The lowest BCUT2D eigenvalue weighted by atomic mass is 9.94. The number of nitrogen functional groups attached to an aromatic ring is 1. The first-order valence-corrected chi connectivity index (χ1v) is 5.45. The molecule has 0 unspecified atom stereocenters. The summed E-state index contributed by atoms with van der Waals surface area (Å²) in [6.07, 6.45) is 5.11. The molecule has 1 aromatic heterocycles. The van der Waals surface area contributed by atoms with E-state index in [9.17, 15) is 0 Å². The molecule has 0 spiro atoms. The van der Waals surface area contributed by atoms with Gasteiger partial charge in [-0.05, 0) is 18.8 Å². The van der Waals surface area contributed by atoms with Crippen LogP contribution in [0, 0.1) is 0 Å². The molecule has 1 aromatic rings. The third-order valence-corrected chi connectivity index (χ3v) is 3.10. The van der Waals surface area contributed by atoms with E-state index in [1.54, 1.807) is 0 Å². The van der Waals surface area contributed by atoms with Crippen molar-refractivity contribution >= 4 is 5.88 Å². The van der Waals surface area contributed by atoms with E-state index in [-0.39, 0.29) is 0 Å². The molecular weight excluding hydrogens is 176 g/mol. The molecule has 0 aromatic carbocycles. The first kappa shape index (κ1) is 9.56. The SMILES string of the molecule is CC(C)c1c(C2CCCC2)noc1N. The summed E-state index contributed by atoms with van der Waals surface area (Å²) < 4.78 is 5.10. The third kappa shape index (κ3) is 1.51. The Hall–Kier alpha value is -0.990. The summed E-state index contributed by atoms with van der Waals surface area (Å²) in [4.78, 5) is 0. The standard InChI is InChI=1S/C11H18N2O/c1-7(2)9-10(13-14-11(9)12)8-5-3-4-6-8/h7-8H,3-6,12H2,1-2H3. The Morgan fingerprint density at radius 3 is 2.57 bits per heavy atom. The fourth-order valence-corrected chi connectivity index (χ4v) is 2.40. The van der Waals surface area contributed by atoms with Gasteiger partial charge in [0, 0.05) is 11.5 Å². The van der Waals surface area contributed by atoms with Crippen LogP contribution in [0.4, 0.5) is 5.88 Å². The minimum atomic E-state index is 0.414. The van der Waals surface area contributed by atoms with Gasteiger partial charge in [0.25, 0.3) is 0 Å². The lowest BCUT2D eigenvalue weighted by molar-refractivity contribution is 0.420. The maximum atomic E-state index is 5.78. The van der Waals surface area contributed by atoms with E-state index in [4.69, 9.17) is 10.3 Å². The van der Waals surface area contributed by atoms with Crippen LogP contribution in [0.15, 0.2) is 4.52 Å². The molecule has 1 aliphatic rings. The van der Waals surface area contributed by atoms with E-state index in [0.717, 1.165) is 11.3 Å². The van der Waals surface area contributed by atoms with E-state index in [2.05, 4.69) is 19.0 Å². The predicted molar refractivity (Wildman–Crippen MR) is 56.2 cm³/mol. The van der Waals surface area contributed by atoms with Crippen LogP contribution < -0.4 is 5.73 Å². The van der Waals surface area contributed by atoms with Gasteiger partial charge in [-0.25, -0.2) is 0 Å². The first-order valence-electron chi connectivity index (χ1n) is 5.45. The molecule has 0 saturated heterocycles. The predicted octanol–water partition coefficient (Wildman–Crippen LogP) is 3.04. The summed E-state index contributed by atoms with van der Waals surface area (Å²) in [5, 5.41) is 4.12. The smallest absolute Gasteiger partial charge is 0.225 e. The molecule has 2 rings (SSSR count). The minimum absolute atomic E-state index is 0.414. The molecular formula is C11H18N2O. The second-order valence-electron chi connectivity index (χ2n) is 4.48. The molecule has 0 bridgehead atoms. The van der Waals surface area contributed by atoms with Gasteiger partial charge in [0.1, 0.15) is 0 Å². The molecule has 3 nitrogen and oxygen atoms in total. The minimum Gasteiger partial charge on any atom is -0.367 e. The van der Waals surface area contributed by atoms with E-state index >= 15 is 0 Å². The number of anilines is 1. The molecule has 0 aliphatic heterocycles. The number of nitrogens with zero attached hydrogens (tertiary/aromatic N) is 1. The Balaban J connectivity index is 2.32. The summed E-state index contributed by atoms with van der Waals surface area (Å²) in [7, 11) is 0. The lowest BCUT2D eigenvalue weighted by Crippen LogP contribution is -2.01. The highest BCUT2D eigenvalue weighted by Crippen LogP contribution is 2.39. The van der Waals surface area contributed by atoms with Crippen LogP contribution >= 0.6 is 0 Å². The molecule has 78 valence electrons. The van der Waals surface area contributed by atoms with Crippen molar-refractivity contribution in [1.29, 1.82) is 0 Å². The van der Waals surface area contributed by atoms with Gasteiger partial charge in [0.2, 0.25) is 5.88 Å². The van der Waals surface area contributed by atoms with Crippen molar-refractivity contribution in [2.24, 2.45) is 0 Å². The number of aromatic nitrogens is 1. The fourth-order valence-electron chi connectivity index (χ4n) is 2.40. The average molecular weight is 194 g/mol. The Morgan fingerprint density at radius 1 is 1.36 bits per heavy atom. The van der Waals surface area contributed by atoms with Crippen LogP contribution in [0.5, 0.6) is 0 Å². The molecule has 0 radical (unpaired) electrons. The van der Waals surface area contributed by atoms with Crippen molar-refractivity contribution in [3.05, 3.63) is 11.3 Å². The zero-order valence-corrected chi connectivity index (χ0v) is 8.92. The van der Waals surface area contributed by atoms with Crippen LogP contribution in [0.25, 0.3) is 0 Å². The van der Waals surface area contributed by atoms with E-state index < -0.39 is 0 Å². The Kier molecular flexibility index (Phi) is 2.48. The van der Waals surface area contributed by atoms with Crippen molar-refractivity contribution in [2.45, 2.75) is 51.4 Å². The van der Waals surface area contributed by atoms with Gasteiger partial charge < -0.3 is 10.3 Å². The number of rotatable bonds is 2. The van der Waals surface area contributed by atoms with Gasteiger partial charge in [-0.2, -0.15) is 0 Å². The Bertz CT molecular complexity index is 311. The van der Waals surface area contributed by atoms with E-state index in [0.29, 0.717) is 17.7 Å². The Labute approximate surface area is 84.7 Å². The molecule has 1 heterocycles. The highest BCUT2D eigenvalue weighted by molar-refractivity contribution is 5.42. The van der Waals surface area contributed by atoms with Gasteiger partial charge in [-0.1, -0.05) is 31.8 Å². The van der Waals surface area contributed by atoms with Gasteiger partial charge in [-0.15, -0.1) is 0 Å². The quantitative estimate of drug-likeness (QED) is 0.787. The van der Waals surface area contributed by atoms with Crippen LogP contribution in [0.3, 0.4) is 0 Å². The first-order chi connectivity index (χ1) is 6.70. The van der Waals surface area contributed by atoms with Crippen LogP contribution in [0.2, 0.25) is 0 Å².